The summed E-state index contributed by atoms with van der Waals surface area (Å²) in [5.41, 5.74) is 1.29. The Morgan fingerprint density at radius 1 is 1.46 bits per heavy atom. The van der Waals surface area contributed by atoms with Gasteiger partial charge in [0.2, 0.25) is 0 Å². The van der Waals surface area contributed by atoms with Gasteiger partial charge in [-0.25, -0.2) is 0 Å². The van der Waals surface area contributed by atoms with Crippen LogP contribution < -0.4 is 34.7 Å². The van der Waals surface area contributed by atoms with E-state index in [4.69, 9.17) is 0 Å². The number of hydrogen-bond acceptors (Lipinski definition) is 2. The summed E-state index contributed by atoms with van der Waals surface area (Å²) in [5, 5.41) is 10.2. The molecule has 0 aromatic heterocycles. The molecule has 0 saturated heterocycles. The normalized spacial score (nSPS) is 11.3. The molecule has 3 heteroatoms. The quantitative estimate of drug-likeness (QED) is 0.393. The fourth-order valence-electron chi connectivity index (χ4n) is 1.04. The number of carboxylic acids is 1. The molecule has 0 aliphatic rings. The SMILES string of the molecule is CC(C)=CCCC(C)CC(=O)[O-].[Na+]. The van der Waals surface area contributed by atoms with E-state index in [2.05, 4.69) is 6.08 Å². The first-order valence-electron chi connectivity index (χ1n) is 4.35. The third-order valence-electron chi connectivity index (χ3n) is 1.73. The van der Waals surface area contributed by atoms with E-state index in [1.807, 2.05) is 20.8 Å². The molecule has 1 unspecified atom stereocenters. The Bertz CT molecular complexity index is 172. The standard InChI is InChI=1S/C10H18O2.Na/c1-8(2)5-4-6-9(3)7-10(11)12;/h5,9H,4,6-7H2,1-3H3,(H,11,12);/q;+1/p-1. The number of allylic oxidation sites excluding steroid dienone is 2. The summed E-state index contributed by atoms with van der Waals surface area (Å²) in [4.78, 5) is 10.2. The van der Waals surface area contributed by atoms with Gasteiger partial charge in [-0.1, -0.05) is 18.6 Å². The van der Waals surface area contributed by atoms with Crippen molar-refractivity contribution in [1.82, 2.24) is 0 Å². The molecule has 0 fully saturated rings. The first kappa shape index (κ1) is 15.7. The van der Waals surface area contributed by atoms with Crippen LogP contribution in [0.2, 0.25) is 0 Å². The van der Waals surface area contributed by atoms with E-state index in [-0.39, 0.29) is 41.9 Å². The summed E-state index contributed by atoms with van der Waals surface area (Å²) >= 11 is 0. The van der Waals surface area contributed by atoms with Crippen LogP contribution in [0.4, 0.5) is 0 Å². The van der Waals surface area contributed by atoms with Crippen molar-refractivity contribution in [3.8, 4) is 0 Å². The molecule has 0 aromatic rings. The molecule has 1 atom stereocenters. The van der Waals surface area contributed by atoms with Gasteiger partial charge in [0.25, 0.3) is 0 Å². The Kier molecular flexibility index (Phi) is 10.6. The van der Waals surface area contributed by atoms with E-state index in [9.17, 15) is 9.90 Å². The van der Waals surface area contributed by atoms with Crippen LogP contribution in [-0.2, 0) is 4.79 Å². The summed E-state index contributed by atoms with van der Waals surface area (Å²) in [7, 11) is 0. The zero-order valence-corrected chi connectivity index (χ0v) is 11.1. The minimum atomic E-state index is -0.945. The summed E-state index contributed by atoms with van der Waals surface area (Å²) in [6.45, 7) is 6.03. The third-order valence-corrected chi connectivity index (χ3v) is 1.73. The summed E-state index contributed by atoms with van der Waals surface area (Å²) < 4.78 is 0. The van der Waals surface area contributed by atoms with Gasteiger partial charge in [-0.2, -0.15) is 0 Å². The number of aliphatic carboxylic acids is 1. The number of rotatable bonds is 5. The van der Waals surface area contributed by atoms with Crippen LogP contribution in [0, 0.1) is 5.92 Å². The first-order valence-corrected chi connectivity index (χ1v) is 4.35. The number of carbonyl (C=O) groups is 1. The minimum Gasteiger partial charge on any atom is -0.550 e. The fourth-order valence-corrected chi connectivity index (χ4v) is 1.04. The van der Waals surface area contributed by atoms with Crippen molar-refractivity contribution >= 4 is 5.97 Å². The Labute approximate surface area is 103 Å². The molecule has 0 amide bonds. The third kappa shape index (κ3) is 12.2. The average molecular weight is 192 g/mol. The van der Waals surface area contributed by atoms with Crippen molar-refractivity contribution in [2.75, 3.05) is 0 Å². The van der Waals surface area contributed by atoms with Crippen molar-refractivity contribution in [3.05, 3.63) is 11.6 Å². The predicted octanol–water partition coefficient (Wildman–Crippen LogP) is -1.49. The second-order valence-corrected chi connectivity index (χ2v) is 3.54. The van der Waals surface area contributed by atoms with E-state index in [1.54, 1.807) is 0 Å². The van der Waals surface area contributed by atoms with Crippen molar-refractivity contribution in [2.24, 2.45) is 5.92 Å². The maximum atomic E-state index is 10.2. The van der Waals surface area contributed by atoms with Gasteiger partial charge >= 0.3 is 29.6 Å². The van der Waals surface area contributed by atoms with Gasteiger partial charge in [-0.15, -0.1) is 0 Å². The first-order chi connectivity index (χ1) is 5.52. The maximum absolute atomic E-state index is 10.2. The van der Waals surface area contributed by atoms with E-state index in [1.165, 1.54) is 5.57 Å². The molecule has 0 saturated carbocycles. The summed E-state index contributed by atoms with van der Waals surface area (Å²) in [6, 6.07) is 0. The Morgan fingerprint density at radius 3 is 2.38 bits per heavy atom. The minimum absolute atomic E-state index is 0. The zero-order valence-electron chi connectivity index (χ0n) is 9.09. The number of hydrogen-bond donors (Lipinski definition) is 0. The van der Waals surface area contributed by atoms with Gasteiger partial charge in [0.05, 0.1) is 0 Å². The molecule has 0 aliphatic carbocycles. The van der Waals surface area contributed by atoms with Crippen LogP contribution in [0.1, 0.15) is 40.0 Å². The van der Waals surface area contributed by atoms with Crippen molar-refractivity contribution in [1.29, 1.82) is 0 Å². The molecular formula is C10H17NaO2. The second kappa shape index (κ2) is 8.79. The zero-order chi connectivity index (χ0) is 9.56. The molecule has 0 bridgehead atoms. The summed E-state index contributed by atoms with van der Waals surface area (Å²) in [5.74, 6) is -0.717. The van der Waals surface area contributed by atoms with E-state index in [0.29, 0.717) is 0 Å². The fraction of sp³-hybridized carbons (Fsp3) is 0.700. The largest absolute Gasteiger partial charge is 1.00 e. The molecule has 2 nitrogen and oxygen atoms in total. The van der Waals surface area contributed by atoms with Crippen LogP contribution in [0.3, 0.4) is 0 Å². The van der Waals surface area contributed by atoms with Crippen LogP contribution >= 0.6 is 0 Å². The van der Waals surface area contributed by atoms with Gasteiger partial charge < -0.3 is 9.90 Å². The summed E-state index contributed by atoms with van der Waals surface area (Å²) in [6.07, 6.45) is 4.21. The van der Waals surface area contributed by atoms with Gasteiger partial charge in [-0.05, 0) is 39.0 Å². The van der Waals surface area contributed by atoms with Gasteiger partial charge in [0.15, 0.2) is 0 Å². The van der Waals surface area contributed by atoms with Crippen LogP contribution in [0.15, 0.2) is 11.6 Å². The smallest absolute Gasteiger partial charge is 0.550 e. The molecule has 0 rings (SSSR count). The molecule has 0 spiro atoms. The van der Waals surface area contributed by atoms with Crippen LogP contribution in [-0.4, -0.2) is 5.97 Å². The molecule has 70 valence electrons. The molecule has 0 heterocycles. The van der Waals surface area contributed by atoms with Crippen molar-refractivity contribution in [2.45, 2.75) is 40.0 Å². The van der Waals surface area contributed by atoms with Crippen LogP contribution in [0.25, 0.3) is 0 Å². The topological polar surface area (TPSA) is 40.1 Å². The van der Waals surface area contributed by atoms with Crippen molar-refractivity contribution < 1.29 is 39.5 Å². The van der Waals surface area contributed by atoms with Crippen molar-refractivity contribution in [3.63, 3.8) is 0 Å². The Hall–Kier alpha value is 0.210. The predicted molar refractivity (Wildman–Crippen MR) is 47.5 cm³/mol. The molecule has 0 aromatic carbocycles. The monoisotopic (exact) mass is 192 g/mol. The van der Waals surface area contributed by atoms with Gasteiger partial charge in [0.1, 0.15) is 0 Å². The number of carboxylic acid groups (broad SMARTS) is 1. The molecule has 13 heavy (non-hydrogen) atoms. The van der Waals surface area contributed by atoms with E-state index >= 15 is 0 Å². The molecule has 0 N–H and O–H groups in total. The van der Waals surface area contributed by atoms with Crippen LogP contribution in [0.5, 0.6) is 0 Å². The van der Waals surface area contributed by atoms with E-state index < -0.39 is 5.97 Å². The number of carbonyl (C=O) groups excluding carboxylic acids is 1. The van der Waals surface area contributed by atoms with E-state index in [0.717, 1.165) is 12.8 Å². The van der Waals surface area contributed by atoms with Gasteiger partial charge in [-0.3, -0.25) is 0 Å². The molecule has 0 radical (unpaired) electrons. The molecule has 0 aliphatic heterocycles. The molecular weight excluding hydrogens is 175 g/mol. The Balaban J connectivity index is 0. The Morgan fingerprint density at radius 2 is 2.00 bits per heavy atom. The second-order valence-electron chi connectivity index (χ2n) is 3.54. The van der Waals surface area contributed by atoms with Gasteiger partial charge in [0, 0.05) is 5.97 Å². The average Bonchev–Trinajstić information content (AvgIpc) is 1.84. The maximum Gasteiger partial charge on any atom is 1.00 e.